The Morgan fingerprint density at radius 1 is 1.13 bits per heavy atom. The van der Waals surface area contributed by atoms with Crippen molar-refractivity contribution in [2.45, 2.75) is 52.1 Å². The van der Waals surface area contributed by atoms with Gasteiger partial charge in [-0.25, -0.2) is 4.79 Å². The highest BCUT2D eigenvalue weighted by atomic mass is 19.4. The molecule has 0 fully saturated rings. The fourth-order valence-corrected chi connectivity index (χ4v) is 2.23. The van der Waals surface area contributed by atoms with Crippen LogP contribution < -0.4 is 0 Å². The molecule has 23 heavy (non-hydrogen) atoms. The van der Waals surface area contributed by atoms with Gasteiger partial charge in [-0.15, -0.1) is 0 Å². The number of nitrogens with zero attached hydrogens (tertiary/aromatic N) is 1. The smallest absolute Gasteiger partial charge is 0.416 e. The van der Waals surface area contributed by atoms with E-state index in [9.17, 15) is 23.1 Å². The van der Waals surface area contributed by atoms with Crippen molar-refractivity contribution in [2.75, 3.05) is 6.61 Å². The highest BCUT2D eigenvalue weighted by Crippen LogP contribution is 2.30. The van der Waals surface area contributed by atoms with E-state index in [0.29, 0.717) is 0 Å². The molecule has 0 saturated heterocycles. The lowest BCUT2D eigenvalue weighted by atomic mass is 10.1. The Kier molecular flexibility index (Phi) is 6.44. The number of rotatable bonds is 5. The van der Waals surface area contributed by atoms with E-state index in [0.717, 1.165) is 12.1 Å². The molecular weight excluding hydrogens is 311 g/mol. The molecule has 130 valence electrons. The van der Waals surface area contributed by atoms with Gasteiger partial charge >= 0.3 is 12.3 Å². The molecule has 1 amide bonds. The molecule has 1 aromatic rings. The van der Waals surface area contributed by atoms with Crippen molar-refractivity contribution in [3.63, 3.8) is 0 Å². The lowest BCUT2D eigenvalue weighted by Gasteiger charge is -2.30. The number of carbonyl (C=O) groups excluding carboxylic acids is 1. The average molecular weight is 333 g/mol. The van der Waals surface area contributed by atoms with Crippen LogP contribution in [-0.4, -0.2) is 34.8 Å². The number of aliphatic hydroxyl groups excluding tert-OH is 1. The predicted octanol–water partition coefficient (Wildman–Crippen LogP) is 3.99. The highest BCUT2D eigenvalue weighted by Gasteiger charge is 2.30. The molecule has 0 aromatic heterocycles. The van der Waals surface area contributed by atoms with Gasteiger partial charge in [0.15, 0.2) is 0 Å². The van der Waals surface area contributed by atoms with Crippen LogP contribution in [0.4, 0.5) is 18.0 Å². The van der Waals surface area contributed by atoms with Gasteiger partial charge in [0.1, 0.15) is 12.7 Å². The summed E-state index contributed by atoms with van der Waals surface area (Å²) >= 11 is 0. The van der Waals surface area contributed by atoms with Gasteiger partial charge in [0, 0.05) is 12.1 Å². The third-order valence-electron chi connectivity index (χ3n) is 3.31. The summed E-state index contributed by atoms with van der Waals surface area (Å²) in [5.74, 6) is 0. The fraction of sp³-hybridized carbons (Fsp3) is 0.562. The molecule has 0 saturated carbocycles. The van der Waals surface area contributed by atoms with Crippen LogP contribution in [0, 0.1) is 0 Å². The Morgan fingerprint density at radius 3 is 2.00 bits per heavy atom. The Labute approximate surface area is 133 Å². The lowest BCUT2D eigenvalue weighted by molar-refractivity contribution is -0.137. The van der Waals surface area contributed by atoms with E-state index in [2.05, 4.69) is 0 Å². The second-order valence-electron chi connectivity index (χ2n) is 5.81. The van der Waals surface area contributed by atoms with E-state index in [4.69, 9.17) is 4.74 Å². The van der Waals surface area contributed by atoms with E-state index in [1.54, 1.807) is 0 Å². The van der Waals surface area contributed by atoms with Crippen LogP contribution in [0.15, 0.2) is 24.3 Å². The van der Waals surface area contributed by atoms with Crippen molar-refractivity contribution in [1.82, 2.24) is 4.90 Å². The van der Waals surface area contributed by atoms with Crippen LogP contribution in [0.3, 0.4) is 0 Å². The Balaban J connectivity index is 2.66. The first-order valence-corrected chi connectivity index (χ1v) is 7.34. The van der Waals surface area contributed by atoms with Crippen LogP contribution in [-0.2, 0) is 10.9 Å². The van der Waals surface area contributed by atoms with E-state index < -0.39 is 23.9 Å². The standard InChI is InChI=1S/C16H22F3NO3/c1-10(2)20(11(3)4)15(22)23-9-14(21)12-5-7-13(8-6-12)16(17,18)19/h5-8,10-11,14,21H,9H2,1-4H3. The number of aliphatic hydroxyl groups is 1. The van der Waals surface area contributed by atoms with Crippen molar-refractivity contribution >= 4 is 6.09 Å². The SMILES string of the molecule is CC(C)N(C(=O)OCC(O)c1ccc(C(F)(F)F)cc1)C(C)C. The number of carbonyl (C=O) groups is 1. The second kappa shape index (κ2) is 7.68. The van der Waals surface area contributed by atoms with Crippen molar-refractivity contribution in [1.29, 1.82) is 0 Å². The summed E-state index contributed by atoms with van der Waals surface area (Å²) in [5.41, 5.74) is -0.539. The van der Waals surface area contributed by atoms with Crippen molar-refractivity contribution in [3.8, 4) is 0 Å². The molecule has 0 radical (unpaired) electrons. The first kappa shape index (κ1) is 19.3. The summed E-state index contributed by atoms with van der Waals surface area (Å²) in [5, 5.41) is 9.95. The van der Waals surface area contributed by atoms with Gasteiger partial charge in [-0.3, -0.25) is 0 Å². The maximum Gasteiger partial charge on any atom is 0.416 e. The van der Waals surface area contributed by atoms with Gasteiger partial charge in [-0.2, -0.15) is 13.2 Å². The molecule has 0 aliphatic rings. The number of hydrogen-bond donors (Lipinski definition) is 1. The van der Waals surface area contributed by atoms with Crippen molar-refractivity contribution in [2.24, 2.45) is 0 Å². The topological polar surface area (TPSA) is 49.8 Å². The third-order valence-corrected chi connectivity index (χ3v) is 3.31. The fourth-order valence-electron chi connectivity index (χ4n) is 2.23. The van der Waals surface area contributed by atoms with E-state index in [1.807, 2.05) is 27.7 Å². The minimum atomic E-state index is -4.43. The van der Waals surface area contributed by atoms with Crippen LogP contribution in [0.1, 0.15) is 44.9 Å². The average Bonchev–Trinajstić information content (AvgIpc) is 2.43. The van der Waals surface area contributed by atoms with Crippen LogP contribution >= 0.6 is 0 Å². The number of hydrogen-bond acceptors (Lipinski definition) is 3. The van der Waals surface area contributed by atoms with Crippen molar-refractivity contribution in [3.05, 3.63) is 35.4 Å². The van der Waals surface area contributed by atoms with Crippen LogP contribution in [0.5, 0.6) is 0 Å². The Morgan fingerprint density at radius 2 is 1.61 bits per heavy atom. The van der Waals surface area contributed by atoms with Gasteiger partial charge < -0.3 is 14.7 Å². The van der Waals surface area contributed by atoms with Crippen LogP contribution in [0.2, 0.25) is 0 Å². The molecule has 4 nitrogen and oxygen atoms in total. The molecule has 1 unspecified atom stereocenters. The number of amides is 1. The van der Waals surface area contributed by atoms with Gasteiger partial charge in [0.05, 0.1) is 5.56 Å². The molecule has 0 bridgehead atoms. The van der Waals surface area contributed by atoms with E-state index in [-0.39, 0.29) is 24.3 Å². The van der Waals surface area contributed by atoms with Crippen LogP contribution in [0.25, 0.3) is 0 Å². The Hall–Kier alpha value is -1.76. The number of halogens is 3. The normalized spacial score (nSPS) is 13.3. The molecule has 0 aliphatic heterocycles. The maximum atomic E-state index is 12.5. The predicted molar refractivity (Wildman–Crippen MR) is 79.9 cm³/mol. The van der Waals surface area contributed by atoms with Gasteiger partial charge in [0.25, 0.3) is 0 Å². The summed E-state index contributed by atoms with van der Waals surface area (Å²) < 4.78 is 42.5. The second-order valence-corrected chi connectivity index (χ2v) is 5.81. The lowest BCUT2D eigenvalue weighted by Crippen LogP contribution is -2.42. The molecular formula is C16H22F3NO3. The minimum Gasteiger partial charge on any atom is -0.446 e. The summed E-state index contributed by atoms with van der Waals surface area (Å²) in [6.45, 7) is 7.04. The van der Waals surface area contributed by atoms with Crippen molar-refractivity contribution < 1.29 is 27.8 Å². The van der Waals surface area contributed by atoms with Gasteiger partial charge in [0.2, 0.25) is 0 Å². The summed E-state index contributed by atoms with van der Waals surface area (Å²) in [6.07, 6.45) is -6.17. The summed E-state index contributed by atoms with van der Waals surface area (Å²) in [4.78, 5) is 13.5. The third kappa shape index (κ3) is 5.42. The molecule has 1 aromatic carbocycles. The molecule has 0 heterocycles. The van der Waals surface area contributed by atoms with E-state index >= 15 is 0 Å². The maximum absolute atomic E-state index is 12.5. The first-order valence-electron chi connectivity index (χ1n) is 7.34. The molecule has 1 atom stereocenters. The van der Waals surface area contributed by atoms with Gasteiger partial charge in [-0.05, 0) is 45.4 Å². The zero-order valence-electron chi connectivity index (χ0n) is 13.6. The van der Waals surface area contributed by atoms with Gasteiger partial charge in [-0.1, -0.05) is 12.1 Å². The quantitative estimate of drug-likeness (QED) is 0.886. The molecule has 1 N–H and O–H groups in total. The Bertz CT molecular complexity index is 504. The monoisotopic (exact) mass is 333 g/mol. The first-order chi connectivity index (χ1) is 10.5. The molecule has 0 spiro atoms. The zero-order chi connectivity index (χ0) is 17.8. The largest absolute Gasteiger partial charge is 0.446 e. The number of alkyl halides is 3. The van der Waals surface area contributed by atoms with E-state index in [1.165, 1.54) is 17.0 Å². The highest BCUT2D eigenvalue weighted by molar-refractivity contribution is 5.68. The number of benzene rings is 1. The summed E-state index contributed by atoms with van der Waals surface area (Å²) in [6, 6.07) is 3.98. The number of ether oxygens (including phenoxy) is 1. The molecule has 7 heteroatoms. The zero-order valence-corrected chi connectivity index (χ0v) is 13.6. The molecule has 1 rings (SSSR count). The molecule has 0 aliphatic carbocycles. The minimum absolute atomic E-state index is 0.0642. The summed E-state index contributed by atoms with van der Waals surface area (Å²) in [7, 11) is 0.